The van der Waals surface area contributed by atoms with Crippen molar-refractivity contribution in [2.24, 2.45) is 16.4 Å². The first-order valence-corrected chi connectivity index (χ1v) is 7.82. The van der Waals surface area contributed by atoms with Crippen LogP contribution in [0.5, 0.6) is 0 Å². The zero-order valence-electron chi connectivity index (χ0n) is 14.0. The number of hydrogen-bond acceptors (Lipinski definition) is 4. The average molecular weight is 293 g/mol. The fraction of sp³-hybridized carbons (Fsp3) is 0.800. The zero-order valence-corrected chi connectivity index (χ0v) is 14.0. The molecule has 118 valence electrons. The molecule has 0 fully saturated rings. The molecule has 0 radical (unpaired) electrons. The lowest BCUT2D eigenvalue weighted by molar-refractivity contribution is -0.131. The number of carbonyl (C=O) groups excluding carboxylic acids is 1. The van der Waals surface area contributed by atoms with Gasteiger partial charge in [-0.2, -0.15) is 4.91 Å². The molecule has 0 spiro atoms. The summed E-state index contributed by atoms with van der Waals surface area (Å²) in [5, 5.41) is 6.24. The second kappa shape index (κ2) is 7.62. The lowest BCUT2D eigenvalue weighted by atomic mass is 9.61. The SMILES string of the molecule is CB(CCC(C)CC(=O)N1CCNC=C1C(C)(C)C)N=O. The van der Waals surface area contributed by atoms with Crippen LogP contribution in [0.2, 0.25) is 13.1 Å². The first-order valence-electron chi connectivity index (χ1n) is 7.82. The minimum Gasteiger partial charge on any atom is -0.388 e. The van der Waals surface area contributed by atoms with Gasteiger partial charge in [-0.25, -0.2) is 0 Å². The Morgan fingerprint density at radius 1 is 1.52 bits per heavy atom. The molecule has 0 aromatic heterocycles. The van der Waals surface area contributed by atoms with Crippen LogP contribution in [0.15, 0.2) is 17.0 Å². The fourth-order valence-electron chi connectivity index (χ4n) is 2.51. The zero-order chi connectivity index (χ0) is 16.0. The number of rotatable bonds is 6. The third-order valence-electron chi connectivity index (χ3n) is 3.86. The number of amides is 1. The summed E-state index contributed by atoms with van der Waals surface area (Å²) in [5.74, 6) is 0.453. The van der Waals surface area contributed by atoms with Gasteiger partial charge in [0.15, 0.2) is 0 Å². The van der Waals surface area contributed by atoms with Gasteiger partial charge in [0, 0.05) is 36.8 Å². The Bertz CT molecular complexity index is 404. The van der Waals surface area contributed by atoms with Gasteiger partial charge in [0.1, 0.15) is 0 Å². The summed E-state index contributed by atoms with van der Waals surface area (Å²) >= 11 is 0. The summed E-state index contributed by atoms with van der Waals surface area (Å²) in [7, 11) is 0. The smallest absolute Gasteiger partial charge is 0.334 e. The van der Waals surface area contributed by atoms with Gasteiger partial charge in [0.05, 0.1) is 0 Å². The standard InChI is InChI=1S/C15H28BN3O2/c1-12(6-7-16(5)18-21)10-14(20)19-9-8-17-11-13(19)15(2,3)4/h11-12,17H,6-10H2,1-5H3. The van der Waals surface area contributed by atoms with Crippen LogP contribution in [-0.4, -0.2) is 30.7 Å². The van der Waals surface area contributed by atoms with Crippen LogP contribution in [0, 0.1) is 16.2 Å². The molecule has 6 heteroatoms. The molecule has 1 aliphatic rings. The number of nitroso groups, excluding NO2 is 1. The Kier molecular flexibility index (Phi) is 6.43. The summed E-state index contributed by atoms with van der Waals surface area (Å²) in [6, 6.07) is 0. The Labute approximate surface area is 128 Å². The number of allylic oxidation sites excluding steroid dienone is 1. The van der Waals surface area contributed by atoms with Crippen molar-refractivity contribution >= 4 is 12.8 Å². The van der Waals surface area contributed by atoms with Crippen LogP contribution in [0.3, 0.4) is 0 Å². The number of nitrogens with one attached hydrogen (secondary N) is 1. The van der Waals surface area contributed by atoms with E-state index in [2.05, 4.69) is 38.1 Å². The molecule has 0 aromatic rings. The lowest BCUT2D eigenvalue weighted by Crippen LogP contribution is -2.44. The molecule has 1 unspecified atom stereocenters. The maximum absolute atomic E-state index is 12.6. The molecule has 1 rings (SSSR count). The van der Waals surface area contributed by atoms with Gasteiger partial charge in [-0.15, -0.1) is 5.09 Å². The van der Waals surface area contributed by atoms with Gasteiger partial charge in [0.25, 0.3) is 0 Å². The molecule has 1 aliphatic heterocycles. The monoisotopic (exact) mass is 293 g/mol. The first-order chi connectivity index (χ1) is 9.75. The van der Waals surface area contributed by atoms with E-state index >= 15 is 0 Å². The summed E-state index contributed by atoms with van der Waals surface area (Å²) < 4.78 is 0. The van der Waals surface area contributed by atoms with Crippen LogP contribution in [-0.2, 0) is 4.79 Å². The molecule has 0 saturated heterocycles. The van der Waals surface area contributed by atoms with Crippen LogP contribution >= 0.6 is 0 Å². The molecule has 0 aromatic carbocycles. The van der Waals surface area contributed by atoms with E-state index in [1.807, 2.05) is 17.9 Å². The predicted molar refractivity (Wildman–Crippen MR) is 87.9 cm³/mol. The molecule has 1 amide bonds. The van der Waals surface area contributed by atoms with Gasteiger partial charge < -0.3 is 10.2 Å². The van der Waals surface area contributed by atoms with Gasteiger partial charge in [-0.3, -0.25) is 4.79 Å². The molecule has 0 aliphatic carbocycles. The van der Waals surface area contributed by atoms with Crippen LogP contribution in [0.25, 0.3) is 0 Å². The first kappa shape index (κ1) is 17.7. The van der Waals surface area contributed by atoms with Gasteiger partial charge >= 0.3 is 6.85 Å². The van der Waals surface area contributed by atoms with Crippen LogP contribution in [0.1, 0.15) is 40.5 Å². The Morgan fingerprint density at radius 3 is 2.76 bits per heavy atom. The minimum atomic E-state index is -0.160. The lowest BCUT2D eigenvalue weighted by Gasteiger charge is -2.37. The molecule has 1 heterocycles. The highest BCUT2D eigenvalue weighted by Gasteiger charge is 2.29. The van der Waals surface area contributed by atoms with Crippen molar-refractivity contribution < 1.29 is 4.79 Å². The van der Waals surface area contributed by atoms with E-state index in [4.69, 9.17) is 0 Å². The van der Waals surface area contributed by atoms with Crippen molar-refractivity contribution in [3.8, 4) is 0 Å². The van der Waals surface area contributed by atoms with Crippen LogP contribution < -0.4 is 5.32 Å². The topological polar surface area (TPSA) is 61.8 Å². The minimum absolute atomic E-state index is 0.0533. The van der Waals surface area contributed by atoms with Gasteiger partial charge in [-0.1, -0.05) is 40.9 Å². The average Bonchev–Trinajstić information content (AvgIpc) is 2.43. The van der Waals surface area contributed by atoms with E-state index in [-0.39, 0.29) is 24.1 Å². The van der Waals surface area contributed by atoms with E-state index in [1.165, 1.54) is 0 Å². The summed E-state index contributed by atoms with van der Waals surface area (Å²) in [4.78, 5) is 24.9. The van der Waals surface area contributed by atoms with Crippen molar-refractivity contribution in [1.29, 1.82) is 0 Å². The second-order valence-corrected chi connectivity index (χ2v) is 7.12. The third-order valence-corrected chi connectivity index (χ3v) is 3.86. The molecule has 0 bridgehead atoms. The number of carbonyl (C=O) groups is 1. The molecular formula is C15H28BN3O2. The number of hydrogen-bond donors (Lipinski definition) is 1. The van der Waals surface area contributed by atoms with Crippen molar-refractivity contribution in [3.05, 3.63) is 16.8 Å². The predicted octanol–water partition coefficient (Wildman–Crippen LogP) is 3.11. The Hall–Kier alpha value is -1.33. The van der Waals surface area contributed by atoms with Crippen molar-refractivity contribution in [2.45, 2.75) is 53.7 Å². The summed E-state index contributed by atoms with van der Waals surface area (Å²) in [6.45, 7) is 11.6. The maximum Gasteiger partial charge on any atom is 0.334 e. The number of nitrogens with zero attached hydrogens (tertiary/aromatic N) is 2. The highest BCUT2D eigenvalue weighted by atomic mass is 16.2. The summed E-state index contributed by atoms with van der Waals surface area (Å²) in [6.07, 6.45) is 4.10. The van der Waals surface area contributed by atoms with Crippen molar-refractivity contribution in [1.82, 2.24) is 10.2 Å². The van der Waals surface area contributed by atoms with Crippen molar-refractivity contribution in [2.75, 3.05) is 13.1 Å². The van der Waals surface area contributed by atoms with E-state index in [0.717, 1.165) is 31.5 Å². The largest absolute Gasteiger partial charge is 0.388 e. The third kappa shape index (κ3) is 5.52. The molecule has 1 atom stereocenters. The van der Waals surface area contributed by atoms with Gasteiger partial charge in [-0.05, 0) is 12.2 Å². The van der Waals surface area contributed by atoms with Gasteiger partial charge in [0.2, 0.25) is 5.91 Å². The highest BCUT2D eigenvalue weighted by molar-refractivity contribution is 6.55. The van der Waals surface area contributed by atoms with E-state index in [0.29, 0.717) is 6.42 Å². The molecule has 1 N–H and O–H groups in total. The molecule has 5 nitrogen and oxygen atoms in total. The van der Waals surface area contributed by atoms with E-state index in [1.54, 1.807) is 0 Å². The fourth-order valence-corrected chi connectivity index (χ4v) is 2.51. The quantitative estimate of drug-likeness (QED) is 0.604. The summed E-state index contributed by atoms with van der Waals surface area (Å²) in [5.41, 5.74) is 0.997. The second-order valence-electron chi connectivity index (χ2n) is 7.12. The Morgan fingerprint density at radius 2 is 2.19 bits per heavy atom. The highest BCUT2D eigenvalue weighted by Crippen LogP contribution is 2.30. The molecule has 21 heavy (non-hydrogen) atoms. The molecule has 0 saturated carbocycles. The maximum atomic E-state index is 12.6. The molecular weight excluding hydrogens is 265 g/mol. The van der Waals surface area contributed by atoms with Crippen molar-refractivity contribution in [3.63, 3.8) is 0 Å². The van der Waals surface area contributed by atoms with Crippen LogP contribution in [0.4, 0.5) is 0 Å². The normalized spacial score (nSPS) is 16.8. The Balaban J connectivity index is 2.59. The van der Waals surface area contributed by atoms with E-state index in [9.17, 15) is 9.70 Å². The van der Waals surface area contributed by atoms with E-state index < -0.39 is 0 Å².